The number of non-ortho nitro benzene ring substituents is 1. The van der Waals surface area contributed by atoms with Crippen molar-refractivity contribution in [1.29, 1.82) is 0 Å². The molecule has 14 nitrogen and oxygen atoms in total. The SMILES string of the molecule is COc1cccc(/C=N\NC(=O)c2nnn(-c3nonc3N)c2-c2ccc([N+](=O)[O-])cc2)c1. The first-order valence-electron chi connectivity index (χ1n) is 9.24. The standard InChI is InChI=1S/C19H15N9O5/c1-32-14-4-2-3-11(9-14)10-21-23-19(29)15-16(12-5-7-13(8-6-12)28(30)31)27(26-22-15)18-17(20)24-33-25-18/h2-10H,1H3,(H2,20,24)(H,23,29)/b21-10-. The molecular formula is C19H15N9O5. The van der Waals surface area contributed by atoms with Gasteiger partial charge in [0.1, 0.15) is 11.4 Å². The zero-order valence-corrected chi connectivity index (χ0v) is 16.9. The smallest absolute Gasteiger partial charge is 0.294 e. The van der Waals surface area contributed by atoms with Crippen molar-refractivity contribution in [3.63, 3.8) is 0 Å². The predicted octanol–water partition coefficient (Wildman–Crippen LogP) is 1.58. The number of aromatic nitrogens is 5. The molecule has 0 saturated heterocycles. The van der Waals surface area contributed by atoms with E-state index in [-0.39, 0.29) is 28.7 Å². The number of amides is 1. The summed E-state index contributed by atoms with van der Waals surface area (Å²) in [7, 11) is 1.54. The van der Waals surface area contributed by atoms with E-state index in [4.69, 9.17) is 10.5 Å². The topological polar surface area (TPSA) is 189 Å². The first-order valence-corrected chi connectivity index (χ1v) is 9.24. The number of nitro groups is 1. The molecule has 2 aromatic carbocycles. The molecule has 0 bridgehead atoms. The van der Waals surface area contributed by atoms with Crippen LogP contribution in [0.4, 0.5) is 11.5 Å². The summed E-state index contributed by atoms with van der Waals surface area (Å²) >= 11 is 0. The fourth-order valence-corrected chi connectivity index (χ4v) is 2.86. The van der Waals surface area contributed by atoms with Crippen molar-refractivity contribution in [1.82, 2.24) is 30.7 Å². The molecule has 33 heavy (non-hydrogen) atoms. The Morgan fingerprint density at radius 3 is 2.73 bits per heavy atom. The number of carbonyl (C=O) groups is 1. The summed E-state index contributed by atoms with van der Waals surface area (Å²) in [6.07, 6.45) is 1.43. The molecule has 14 heteroatoms. The minimum Gasteiger partial charge on any atom is -0.497 e. The van der Waals surface area contributed by atoms with Gasteiger partial charge in [0.2, 0.25) is 11.6 Å². The monoisotopic (exact) mass is 449 g/mol. The number of nitrogens with zero attached hydrogens (tertiary/aromatic N) is 7. The van der Waals surface area contributed by atoms with Gasteiger partial charge in [0.15, 0.2) is 5.69 Å². The third-order valence-corrected chi connectivity index (χ3v) is 4.41. The van der Waals surface area contributed by atoms with E-state index in [1.165, 1.54) is 37.6 Å². The Morgan fingerprint density at radius 2 is 2.06 bits per heavy atom. The lowest BCUT2D eigenvalue weighted by Crippen LogP contribution is -2.19. The first kappa shape index (κ1) is 21.1. The molecule has 0 fully saturated rings. The van der Waals surface area contributed by atoms with Crippen LogP contribution in [0, 0.1) is 10.1 Å². The Bertz CT molecular complexity index is 1340. The number of nitrogens with one attached hydrogen (secondary N) is 1. The van der Waals surface area contributed by atoms with E-state index in [2.05, 4.69) is 35.8 Å². The van der Waals surface area contributed by atoms with Crippen LogP contribution in [-0.4, -0.2) is 49.5 Å². The van der Waals surface area contributed by atoms with Crippen LogP contribution in [0.5, 0.6) is 5.75 Å². The van der Waals surface area contributed by atoms with Crippen molar-refractivity contribution in [2.45, 2.75) is 0 Å². The van der Waals surface area contributed by atoms with Gasteiger partial charge in [0, 0.05) is 17.7 Å². The normalized spacial score (nSPS) is 10.9. The highest BCUT2D eigenvalue weighted by molar-refractivity contribution is 5.98. The fourth-order valence-electron chi connectivity index (χ4n) is 2.86. The van der Waals surface area contributed by atoms with Crippen LogP contribution in [0.3, 0.4) is 0 Å². The van der Waals surface area contributed by atoms with Gasteiger partial charge in [0.05, 0.1) is 18.2 Å². The number of carbonyl (C=O) groups excluding carboxylic acids is 1. The minimum atomic E-state index is -0.691. The highest BCUT2D eigenvalue weighted by Gasteiger charge is 2.25. The molecular weight excluding hydrogens is 434 g/mol. The summed E-state index contributed by atoms with van der Waals surface area (Å²) in [6.45, 7) is 0. The van der Waals surface area contributed by atoms with Crippen molar-refractivity contribution in [3.05, 3.63) is 69.9 Å². The van der Waals surface area contributed by atoms with Crippen molar-refractivity contribution < 1.29 is 19.1 Å². The molecule has 0 aliphatic heterocycles. The number of rotatable bonds is 7. The highest BCUT2D eigenvalue weighted by atomic mass is 16.6. The highest BCUT2D eigenvalue weighted by Crippen LogP contribution is 2.28. The van der Waals surface area contributed by atoms with Gasteiger partial charge in [-0.15, -0.1) is 5.10 Å². The van der Waals surface area contributed by atoms with Crippen molar-refractivity contribution in [3.8, 4) is 22.8 Å². The van der Waals surface area contributed by atoms with Gasteiger partial charge in [-0.3, -0.25) is 14.9 Å². The first-order chi connectivity index (χ1) is 16.0. The van der Waals surface area contributed by atoms with Gasteiger partial charge in [-0.1, -0.05) is 17.3 Å². The van der Waals surface area contributed by atoms with Gasteiger partial charge in [0.25, 0.3) is 11.6 Å². The second-order valence-electron chi connectivity index (χ2n) is 6.45. The Hall–Kier alpha value is -5.14. The minimum absolute atomic E-state index is 0.00483. The number of benzene rings is 2. The van der Waals surface area contributed by atoms with E-state index in [1.807, 2.05) is 0 Å². The number of hydrogen-bond donors (Lipinski definition) is 2. The second-order valence-corrected chi connectivity index (χ2v) is 6.45. The van der Waals surface area contributed by atoms with Gasteiger partial charge < -0.3 is 10.5 Å². The number of ether oxygens (including phenoxy) is 1. The van der Waals surface area contributed by atoms with E-state index < -0.39 is 10.8 Å². The number of hydrazone groups is 1. The molecule has 0 atom stereocenters. The Labute approximate surface area is 184 Å². The number of nitrogens with two attached hydrogens (primary N) is 1. The zero-order valence-electron chi connectivity index (χ0n) is 16.9. The average molecular weight is 449 g/mol. The molecule has 0 aliphatic carbocycles. The van der Waals surface area contributed by atoms with E-state index in [0.29, 0.717) is 16.9 Å². The van der Waals surface area contributed by atoms with Crippen LogP contribution in [0.2, 0.25) is 0 Å². The van der Waals surface area contributed by atoms with Crippen molar-refractivity contribution in [2.24, 2.45) is 5.10 Å². The molecule has 2 heterocycles. The zero-order chi connectivity index (χ0) is 23.4. The number of nitrogen functional groups attached to an aromatic ring is 1. The van der Waals surface area contributed by atoms with Crippen molar-refractivity contribution in [2.75, 3.05) is 12.8 Å². The Kier molecular flexibility index (Phi) is 5.71. The van der Waals surface area contributed by atoms with Crippen LogP contribution < -0.4 is 15.9 Å². The summed E-state index contributed by atoms with van der Waals surface area (Å²) in [5, 5.41) is 29.9. The van der Waals surface area contributed by atoms with E-state index in [0.717, 1.165) is 4.68 Å². The van der Waals surface area contributed by atoms with Gasteiger partial charge in [-0.25, -0.2) is 10.1 Å². The van der Waals surface area contributed by atoms with E-state index >= 15 is 0 Å². The summed E-state index contributed by atoms with van der Waals surface area (Å²) < 4.78 is 10.9. The molecule has 0 aliphatic rings. The molecule has 3 N–H and O–H groups in total. The maximum atomic E-state index is 12.8. The molecule has 1 amide bonds. The lowest BCUT2D eigenvalue weighted by atomic mass is 10.1. The van der Waals surface area contributed by atoms with E-state index in [1.54, 1.807) is 24.3 Å². The molecule has 4 aromatic rings. The molecule has 166 valence electrons. The van der Waals surface area contributed by atoms with Crippen LogP contribution in [-0.2, 0) is 0 Å². The summed E-state index contributed by atoms with van der Waals surface area (Å²) in [6, 6.07) is 12.5. The van der Waals surface area contributed by atoms with Crippen LogP contribution in [0.1, 0.15) is 16.1 Å². The molecule has 2 aromatic heterocycles. The third-order valence-electron chi connectivity index (χ3n) is 4.41. The summed E-state index contributed by atoms with van der Waals surface area (Å²) in [4.78, 5) is 23.3. The van der Waals surface area contributed by atoms with Gasteiger partial charge in [-0.05, 0) is 40.1 Å². The van der Waals surface area contributed by atoms with E-state index in [9.17, 15) is 14.9 Å². The fraction of sp³-hybridized carbons (Fsp3) is 0.0526. The van der Waals surface area contributed by atoms with Gasteiger partial charge >= 0.3 is 0 Å². The van der Waals surface area contributed by atoms with Crippen molar-refractivity contribution >= 4 is 23.6 Å². The third kappa shape index (κ3) is 4.34. The number of nitro benzene ring substituents is 1. The largest absolute Gasteiger partial charge is 0.497 e. The maximum absolute atomic E-state index is 12.8. The Morgan fingerprint density at radius 1 is 1.27 bits per heavy atom. The lowest BCUT2D eigenvalue weighted by molar-refractivity contribution is -0.384. The Balaban J connectivity index is 1.68. The maximum Gasteiger partial charge on any atom is 0.294 e. The molecule has 0 unspecified atom stereocenters. The average Bonchev–Trinajstić information content (AvgIpc) is 3.45. The number of hydrogen-bond acceptors (Lipinski definition) is 11. The summed E-state index contributed by atoms with van der Waals surface area (Å²) in [5.74, 6) is -0.155. The van der Waals surface area contributed by atoms with Crippen LogP contribution in [0.15, 0.2) is 58.3 Å². The number of anilines is 1. The molecule has 4 rings (SSSR count). The van der Waals surface area contributed by atoms with Gasteiger partial charge in [-0.2, -0.15) is 9.78 Å². The van der Waals surface area contributed by atoms with Crippen LogP contribution in [0.25, 0.3) is 17.1 Å². The molecule has 0 radical (unpaired) electrons. The number of methoxy groups -OCH3 is 1. The quantitative estimate of drug-likeness (QED) is 0.238. The molecule has 0 spiro atoms. The molecule has 0 saturated carbocycles. The van der Waals surface area contributed by atoms with Crippen LogP contribution >= 0.6 is 0 Å². The second kappa shape index (κ2) is 8.93. The summed E-state index contributed by atoms with van der Waals surface area (Å²) in [5.41, 5.74) is 9.10. The predicted molar refractivity (Wildman–Crippen MR) is 114 cm³/mol. The lowest BCUT2D eigenvalue weighted by Gasteiger charge is -2.05.